The van der Waals surface area contributed by atoms with Gasteiger partial charge in [-0.3, -0.25) is 0 Å². The Bertz CT molecular complexity index is 765. The summed E-state index contributed by atoms with van der Waals surface area (Å²) in [6.07, 6.45) is 1.06. The summed E-state index contributed by atoms with van der Waals surface area (Å²) in [6, 6.07) is 8.41. The van der Waals surface area contributed by atoms with Crippen molar-refractivity contribution >= 4 is 32.9 Å². The van der Waals surface area contributed by atoms with E-state index in [4.69, 9.17) is 9.97 Å². The fourth-order valence-electron chi connectivity index (χ4n) is 2.91. The fraction of sp³-hybridized carbons (Fsp3) is 0.474. The molecule has 4 heteroatoms. The van der Waals surface area contributed by atoms with Crippen molar-refractivity contribution in [3.8, 4) is 0 Å². The largest absolute Gasteiger partial charge is 0.246 e. The normalized spacial score (nSPS) is 13.8. The highest BCUT2D eigenvalue weighted by atomic mass is 32.1. The Labute approximate surface area is 146 Å². The second-order valence-electron chi connectivity index (χ2n) is 7.24. The molecule has 0 saturated heterocycles. The quantitative estimate of drug-likeness (QED) is 0.539. The molecule has 2 nitrogen and oxygen atoms in total. The Hall–Kier alpha value is -1.26. The van der Waals surface area contributed by atoms with Gasteiger partial charge in [0.15, 0.2) is 0 Å². The van der Waals surface area contributed by atoms with Gasteiger partial charge < -0.3 is 0 Å². The van der Waals surface area contributed by atoms with Gasteiger partial charge >= 0.3 is 0 Å². The zero-order valence-corrected chi connectivity index (χ0v) is 16.1. The van der Waals surface area contributed by atoms with Crippen LogP contribution in [0, 0.1) is 0 Å². The standard InChI is InChI=1S/C19H24N2S2/c1-12(2)17-20-15(11-22-17)13(3)10-19(4,5)18-21-14-8-6-7-9-16(14)23-18/h6-9,11-13H,10H2,1-5H3. The maximum Gasteiger partial charge on any atom is 0.0995 e. The number of nitrogens with zero attached hydrogens (tertiary/aromatic N) is 2. The zero-order chi connectivity index (χ0) is 16.6. The van der Waals surface area contributed by atoms with Crippen LogP contribution in [0.15, 0.2) is 29.6 Å². The topological polar surface area (TPSA) is 25.8 Å². The molecule has 3 rings (SSSR count). The molecular formula is C19H24N2S2. The molecule has 3 aromatic rings. The van der Waals surface area contributed by atoms with Gasteiger partial charge in [0.25, 0.3) is 0 Å². The molecule has 0 N–H and O–H groups in total. The summed E-state index contributed by atoms with van der Waals surface area (Å²) in [6.45, 7) is 11.3. The second-order valence-corrected chi connectivity index (χ2v) is 9.16. The molecule has 0 bridgehead atoms. The number of thiazole rings is 2. The minimum atomic E-state index is 0.0602. The summed E-state index contributed by atoms with van der Waals surface area (Å²) >= 11 is 3.61. The molecule has 2 aromatic heterocycles. The van der Waals surface area contributed by atoms with Gasteiger partial charge in [-0.25, -0.2) is 9.97 Å². The first-order valence-electron chi connectivity index (χ1n) is 8.18. The van der Waals surface area contributed by atoms with E-state index in [0.717, 1.165) is 11.9 Å². The molecule has 23 heavy (non-hydrogen) atoms. The maximum atomic E-state index is 4.87. The van der Waals surface area contributed by atoms with E-state index in [2.05, 4.69) is 64.3 Å². The Morgan fingerprint density at radius 3 is 2.48 bits per heavy atom. The number of aromatic nitrogens is 2. The SMILES string of the molecule is CC(C)c1nc(C(C)CC(C)(C)c2nc3ccccc3s2)cs1. The lowest BCUT2D eigenvalue weighted by Gasteiger charge is -2.25. The first kappa shape index (κ1) is 16.6. The van der Waals surface area contributed by atoms with E-state index in [9.17, 15) is 0 Å². The summed E-state index contributed by atoms with van der Waals surface area (Å²) in [7, 11) is 0. The molecule has 0 spiro atoms. The summed E-state index contributed by atoms with van der Waals surface area (Å²) in [5.74, 6) is 0.957. The number of hydrogen-bond donors (Lipinski definition) is 0. The van der Waals surface area contributed by atoms with Crippen LogP contribution < -0.4 is 0 Å². The van der Waals surface area contributed by atoms with Crippen molar-refractivity contribution in [1.82, 2.24) is 9.97 Å². The fourth-order valence-corrected chi connectivity index (χ4v) is 4.94. The van der Waals surface area contributed by atoms with Crippen molar-refractivity contribution in [2.24, 2.45) is 0 Å². The van der Waals surface area contributed by atoms with Gasteiger partial charge in [-0.1, -0.05) is 46.8 Å². The maximum absolute atomic E-state index is 4.87. The minimum absolute atomic E-state index is 0.0602. The third-order valence-corrected chi connectivity index (χ3v) is 6.79. The lowest BCUT2D eigenvalue weighted by atomic mass is 9.83. The first-order valence-corrected chi connectivity index (χ1v) is 9.88. The van der Waals surface area contributed by atoms with E-state index in [1.54, 1.807) is 11.3 Å². The molecule has 0 saturated carbocycles. The van der Waals surface area contributed by atoms with Crippen LogP contribution >= 0.6 is 22.7 Å². The van der Waals surface area contributed by atoms with Crippen LogP contribution in [0.5, 0.6) is 0 Å². The summed E-state index contributed by atoms with van der Waals surface area (Å²) in [4.78, 5) is 9.70. The van der Waals surface area contributed by atoms with Crippen LogP contribution in [0.2, 0.25) is 0 Å². The van der Waals surface area contributed by atoms with Gasteiger partial charge in [0.2, 0.25) is 0 Å². The van der Waals surface area contributed by atoms with E-state index >= 15 is 0 Å². The van der Waals surface area contributed by atoms with Crippen LogP contribution in [0.4, 0.5) is 0 Å². The van der Waals surface area contributed by atoms with E-state index < -0.39 is 0 Å². The monoisotopic (exact) mass is 344 g/mol. The summed E-state index contributed by atoms with van der Waals surface area (Å²) in [5.41, 5.74) is 2.40. The lowest BCUT2D eigenvalue weighted by molar-refractivity contribution is 0.433. The van der Waals surface area contributed by atoms with Crippen molar-refractivity contribution in [2.75, 3.05) is 0 Å². The predicted molar refractivity (Wildman–Crippen MR) is 102 cm³/mol. The van der Waals surface area contributed by atoms with Gasteiger partial charge in [-0.05, 0) is 18.6 Å². The molecule has 1 aromatic carbocycles. The number of hydrogen-bond acceptors (Lipinski definition) is 4. The van der Waals surface area contributed by atoms with Crippen molar-refractivity contribution < 1.29 is 0 Å². The van der Waals surface area contributed by atoms with Crippen LogP contribution in [0.1, 0.15) is 68.6 Å². The van der Waals surface area contributed by atoms with E-state index in [-0.39, 0.29) is 5.41 Å². The molecule has 0 aliphatic carbocycles. The number of benzene rings is 1. The Balaban J connectivity index is 1.81. The number of fused-ring (bicyclic) bond motifs is 1. The Kier molecular flexibility index (Phi) is 4.56. The third kappa shape index (κ3) is 3.48. The van der Waals surface area contributed by atoms with Crippen LogP contribution in [0.3, 0.4) is 0 Å². The van der Waals surface area contributed by atoms with E-state index in [0.29, 0.717) is 11.8 Å². The molecule has 0 fully saturated rings. The van der Waals surface area contributed by atoms with Gasteiger partial charge in [0.05, 0.1) is 25.9 Å². The predicted octanol–water partition coefficient (Wildman–Crippen LogP) is 6.35. The number of rotatable bonds is 5. The van der Waals surface area contributed by atoms with Crippen molar-refractivity contribution in [3.05, 3.63) is 45.4 Å². The Morgan fingerprint density at radius 2 is 1.83 bits per heavy atom. The number of para-hydroxylation sites is 1. The van der Waals surface area contributed by atoms with E-state index in [1.807, 2.05) is 11.3 Å². The van der Waals surface area contributed by atoms with Crippen molar-refractivity contribution in [2.45, 2.75) is 58.3 Å². The van der Waals surface area contributed by atoms with Crippen LogP contribution in [0.25, 0.3) is 10.2 Å². The lowest BCUT2D eigenvalue weighted by Crippen LogP contribution is -2.20. The molecule has 0 aliphatic heterocycles. The smallest absolute Gasteiger partial charge is 0.0995 e. The third-order valence-electron chi connectivity index (χ3n) is 4.23. The zero-order valence-electron chi connectivity index (χ0n) is 14.5. The molecule has 122 valence electrons. The second kappa shape index (κ2) is 6.33. The first-order chi connectivity index (χ1) is 10.9. The molecule has 0 aliphatic rings. The summed E-state index contributed by atoms with van der Waals surface area (Å²) in [5, 5.41) is 4.70. The highest BCUT2D eigenvalue weighted by molar-refractivity contribution is 7.18. The van der Waals surface area contributed by atoms with Gasteiger partial charge in [0.1, 0.15) is 0 Å². The summed E-state index contributed by atoms with van der Waals surface area (Å²) < 4.78 is 1.28. The highest BCUT2D eigenvalue weighted by Gasteiger charge is 2.28. The molecule has 1 unspecified atom stereocenters. The van der Waals surface area contributed by atoms with Gasteiger partial charge in [-0.15, -0.1) is 22.7 Å². The molecule has 0 radical (unpaired) electrons. The van der Waals surface area contributed by atoms with Gasteiger partial charge in [0, 0.05) is 22.6 Å². The van der Waals surface area contributed by atoms with Gasteiger partial charge in [-0.2, -0.15) is 0 Å². The Morgan fingerprint density at radius 1 is 1.09 bits per heavy atom. The van der Waals surface area contributed by atoms with E-state index in [1.165, 1.54) is 20.4 Å². The molecule has 1 atom stereocenters. The molecule has 2 heterocycles. The highest BCUT2D eigenvalue weighted by Crippen LogP contribution is 2.38. The van der Waals surface area contributed by atoms with Crippen LogP contribution in [-0.2, 0) is 5.41 Å². The van der Waals surface area contributed by atoms with Crippen molar-refractivity contribution in [3.63, 3.8) is 0 Å². The molecular weight excluding hydrogens is 320 g/mol. The molecule has 0 amide bonds. The van der Waals surface area contributed by atoms with Crippen molar-refractivity contribution in [1.29, 1.82) is 0 Å². The average molecular weight is 345 g/mol. The minimum Gasteiger partial charge on any atom is -0.246 e. The van der Waals surface area contributed by atoms with Crippen LogP contribution in [-0.4, -0.2) is 9.97 Å². The average Bonchev–Trinajstić information content (AvgIpc) is 3.14.